The molecule has 6 nitrogen and oxygen atoms in total. The van der Waals surface area contributed by atoms with Crippen LogP contribution in [0.1, 0.15) is 21.5 Å². The van der Waals surface area contributed by atoms with Crippen molar-refractivity contribution in [2.45, 2.75) is 13.1 Å². The molecule has 0 N–H and O–H groups in total. The van der Waals surface area contributed by atoms with Crippen molar-refractivity contribution in [1.29, 1.82) is 0 Å². The third-order valence-corrected chi connectivity index (χ3v) is 5.01. The number of hydrogen-bond donors (Lipinski definition) is 0. The Morgan fingerprint density at radius 2 is 1.74 bits per heavy atom. The third kappa shape index (κ3) is 4.80. The van der Waals surface area contributed by atoms with Crippen molar-refractivity contribution in [2.75, 3.05) is 13.7 Å². The molecule has 0 radical (unpaired) electrons. The van der Waals surface area contributed by atoms with Crippen LogP contribution >= 0.6 is 0 Å². The van der Waals surface area contributed by atoms with Gasteiger partial charge in [-0.25, -0.2) is 4.68 Å². The lowest BCUT2D eigenvalue weighted by molar-refractivity contribution is 0.0785. The monoisotopic (exact) mass is 412 g/mol. The fourth-order valence-corrected chi connectivity index (χ4v) is 3.37. The molecule has 0 fully saturated rings. The second-order valence-electron chi connectivity index (χ2n) is 7.34. The predicted molar refractivity (Wildman–Crippen MR) is 121 cm³/mol. The first-order valence-electron chi connectivity index (χ1n) is 10.1. The molecular formula is C25H24N4O2. The number of benzene rings is 3. The Bertz CT molecular complexity index is 1180. The third-order valence-electron chi connectivity index (χ3n) is 5.01. The van der Waals surface area contributed by atoms with Gasteiger partial charge < -0.3 is 9.64 Å². The van der Waals surface area contributed by atoms with Gasteiger partial charge in [-0.1, -0.05) is 54.3 Å². The number of nitrogens with zero attached hydrogens (tertiary/aromatic N) is 4. The molecular weight excluding hydrogens is 388 g/mol. The van der Waals surface area contributed by atoms with E-state index in [0.29, 0.717) is 25.3 Å². The Kier molecular flexibility index (Phi) is 6.08. The van der Waals surface area contributed by atoms with Crippen LogP contribution in [0.2, 0.25) is 0 Å². The minimum Gasteiger partial charge on any atom is -0.490 e. The van der Waals surface area contributed by atoms with E-state index in [-0.39, 0.29) is 5.91 Å². The molecule has 0 saturated heterocycles. The van der Waals surface area contributed by atoms with Gasteiger partial charge in [-0.2, -0.15) is 0 Å². The van der Waals surface area contributed by atoms with E-state index in [1.165, 1.54) is 0 Å². The second kappa shape index (κ2) is 9.26. The summed E-state index contributed by atoms with van der Waals surface area (Å²) in [6.07, 6.45) is 1.71. The van der Waals surface area contributed by atoms with E-state index in [1.807, 2.05) is 77.5 Å². The number of fused-ring (bicyclic) bond motifs is 1. The summed E-state index contributed by atoms with van der Waals surface area (Å²) in [5.41, 5.74) is 4.61. The first kappa shape index (κ1) is 20.3. The Hall–Kier alpha value is -3.93. The summed E-state index contributed by atoms with van der Waals surface area (Å²) in [5.74, 6) is 0.762. The first-order valence-corrected chi connectivity index (χ1v) is 10.1. The molecule has 0 aliphatic carbocycles. The molecule has 0 aliphatic heterocycles. The molecule has 1 amide bonds. The lowest BCUT2D eigenvalue weighted by Crippen LogP contribution is -2.26. The van der Waals surface area contributed by atoms with Gasteiger partial charge in [-0.3, -0.25) is 4.79 Å². The van der Waals surface area contributed by atoms with Gasteiger partial charge in [0.1, 0.15) is 17.9 Å². The molecule has 0 bridgehead atoms. The molecule has 0 saturated carbocycles. The molecule has 6 heteroatoms. The lowest BCUT2D eigenvalue weighted by Gasteiger charge is -2.18. The summed E-state index contributed by atoms with van der Waals surface area (Å²) >= 11 is 0. The standard InChI is InChI=1S/C25H24N4O2/c1-3-16-31-22-14-10-19(11-15-22)17-28(2)25(30)21-12-8-20(9-13-21)18-29-24-7-5-4-6-23(24)26-27-29/h3-15H,1,16-18H2,2H3. The molecule has 0 unspecified atom stereocenters. The summed E-state index contributed by atoms with van der Waals surface area (Å²) in [6, 6.07) is 23.2. The normalized spacial score (nSPS) is 10.7. The Balaban J connectivity index is 1.38. The van der Waals surface area contributed by atoms with Crippen LogP contribution < -0.4 is 4.74 Å². The van der Waals surface area contributed by atoms with Crippen LogP contribution in [0.25, 0.3) is 11.0 Å². The Morgan fingerprint density at radius 3 is 2.48 bits per heavy atom. The van der Waals surface area contributed by atoms with E-state index >= 15 is 0 Å². The van der Waals surface area contributed by atoms with Crippen LogP contribution in [0.3, 0.4) is 0 Å². The molecule has 4 aromatic rings. The number of para-hydroxylation sites is 1. The highest BCUT2D eigenvalue weighted by Gasteiger charge is 2.13. The molecule has 1 heterocycles. The van der Waals surface area contributed by atoms with Gasteiger partial charge >= 0.3 is 0 Å². The zero-order valence-corrected chi connectivity index (χ0v) is 17.4. The van der Waals surface area contributed by atoms with Gasteiger partial charge in [-0.05, 0) is 47.5 Å². The average Bonchev–Trinajstić information content (AvgIpc) is 3.21. The van der Waals surface area contributed by atoms with Crippen LogP contribution in [0.15, 0.2) is 85.5 Å². The number of aromatic nitrogens is 3. The average molecular weight is 412 g/mol. The summed E-state index contributed by atoms with van der Waals surface area (Å²) < 4.78 is 7.36. The fourth-order valence-electron chi connectivity index (χ4n) is 3.37. The molecule has 4 rings (SSSR count). The van der Waals surface area contributed by atoms with Gasteiger partial charge in [-0.15, -0.1) is 5.10 Å². The highest BCUT2D eigenvalue weighted by molar-refractivity contribution is 5.94. The summed E-state index contributed by atoms with van der Waals surface area (Å²) in [4.78, 5) is 14.5. The van der Waals surface area contributed by atoms with E-state index in [9.17, 15) is 4.79 Å². The molecule has 0 aliphatic rings. The number of ether oxygens (including phenoxy) is 1. The zero-order chi connectivity index (χ0) is 21.6. The highest BCUT2D eigenvalue weighted by Crippen LogP contribution is 2.16. The van der Waals surface area contributed by atoms with Crippen molar-refractivity contribution in [2.24, 2.45) is 0 Å². The fraction of sp³-hybridized carbons (Fsp3) is 0.160. The smallest absolute Gasteiger partial charge is 0.253 e. The summed E-state index contributed by atoms with van der Waals surface area (Å²) in [5, 5.41) is 8.41. The number of carbonyl (C=O) groups is 1. The van der Waals surface area contributed by atoms with Gasteiger partial charge in [0.25, 0.3) is 5.91 Å². The minimum atomic E-state index is -0.0234. The minimum absolute atomic E-state index is 0.0234. The van der Waals surface area contributed by atoms with Gasteiger partial charge in [0.05, 0.1) is 12.1 Å². The molecule has 0 atom stereocenters. The number of hydrogen-bond acceptors (Lipinski definition) is 4. The van der Waals surface area contributed by atoms with E-state index in [4.69, 9.17) is 4.74 Å². The number of rotatable bonds is 8. The molecule has 156 valence electrons. The van der Waals surface area contributed by atoms with E-state index < -0.39 is 0 Å². The number of carbonyl (C=O) groups excluding carboxylic acids is 1. The van der Waals surface area contributed by atoms with Crippen molar-refractivity contribution in [1.82, 2.24) is 19.9 Å². The number of amides is 1. The molecule has 31 heavy (non-hydrogen) atoms. The van der Waals surface area contributed by atoms with Crippen LogP contribution in [-0.2, 0) is 13.1 Å². The van der Waals surface area contributed by atoms with Gasteiger partial charge in [0.2, 0.25) is 0 Å². The molecule has 1 aromatic heterocycles. The van der Waals surface area contributed by atoms with Crippen molar-refractivity contribution in [3.63, 3.8) is 0 Å². The van der Waals surface area contributed by atoms with Crippen molar-refractivity contribution < 1.29 is 9.53 Å². The maximum absolute atomic E-state index is 12.8. The predicted octanol–water partition coefficient (Wildman–Crippen LogP) is 4.32. The second-order valence-corrected chi connectivity index (χ2v) is 7.34. The molecule has 0 spiro atoms. The maximum Gasteiger partial charge on any atom is 0.253 e. The quantitative estimate of drug-likeness (QED) is 0.405. The van der Waals surface area contributed by atoms with Crippen molar-refractivity contribution in [3.05, 3.63) is 102 Å². The van der Waals surface area contributed by atoms with Crippen LogP contribution in [0.4, 0.5) is 0 Å². The lowest BCUT2D eigenvalue weighted by atomic mass is 10.1. The van der Waals surface area contributed by atoms with E-state index in [0.717, 1.165) is 27.9 Å². The van der Waals surface area contributed by atoms with Gasteiger partial charge in [0, 0.05) is 19.2 Å². The molecule has 3 aromatic carbocycles. The Morgan fingerprint density at radius 1 is 1.03 bits per heavy atom. The van der Waals surface area contributed by atoms with E-state index in [2.05, 4.69) is 16.9 Å². The first-order chi connectivity index (χ1) is 15.1. The van der Waals surface area contributed by atoms with Crippen LogP contribution in [0, 0.1) is 0 Å². The zero-order valence-electron chi connectivity index (χ0n) is 17.4. The SMILES string of the molecule is C=CCOc1ccc(CN(C)C(=O)c2ccc(Cn3nnc4ccccc43)cc2)cc1. The van der Waals surface area contributed by atoms with Crippen molar-refractivity contribution in [3.8, 4) is 5.75 Å². The van der Waals surface area contributed by atoms with Gasteiger partial charge in [0.15, 0.2) is 0 Å². The highest BCUT2D eigenvalue weighted by atomic mass is 16.5. The Labute approximate surface area is 181 Å². The summed E-state index contributed by atoms with van der Waals surface area (Å²) in [6.45, 7) is 5.24. The summed E-state index contributed by atoms with van der Waals surface area (Å²) in [7, 11) is 1.81. The van der Waals surface area contributed by atoms with Crippen LogP contribution in [-0.4, -0.2) is 39.5 Å². The van der Waals surface area contributed by atoms with E-state index in [1.54, 1.807) is 18.0 Å². The topological polar surface area (TPSA) is 60.2 Å². The van der Waals surface area contributed by atoms with Crippen LogP contribution in [0.5, 0.6) is 5.75 Å². The largest absolute Gasteiger partial charge is 0.490 e. The maximum atomic E-state index is 12.8. The van der Waals surface area contributed by atoms with Crippen molar-refractivity contribution >= 4 is 16.9 Å².